The first kappa shape index (κ1) is 27.8. The maximum absolute atomic E-state index is 12.3. The molecular formula is C27H30N4O7. The van der Waals surface area contributed by atoms with Crippen LogP contribution >= 0.6 is 0 Å². The number of alkyl carbamates (subject to hydrolysis) is 1. The fourth-order valence-corrected chi connectivity index (χ4v) is 3.39. The minimum Gasteiger partial charge on any atom is -0.480 e. The predicted octanol–water partition coefficient (Wildman–Crippen LogP) is 3.88. The van der Waals surface area contributed by atoms with Gasteiger partial charge < -0.3 is 30.2 Å². The van der Waals surface area contributed by atoms with Crippen molar-refractivity contribution in [2.24, 2.45) is 0 Å². The molecule has 5 N–H and O–H groups in total. The third-order valence-corrected chi connectivity index (χ3v) is 5.37. The summed E-state index contributed by atoms with van der Waals surface area (Å²) in [6.07, 6.45) is 0.260. The Bertz CT molecular complexity index is 1200. The lowest BCUT2D eigenvalue weighted by Gasteiger charge is -2.14. The third kappa shape index (κ3) is 9.69. The molecule has 200 valence electrons. The summed E-state index contributed by atoms with van der Waals surface area (Å²) >= 11 is 0. The molecule has 2 aromatic carbocycles. The average Bonchev–Trinajstić information content (AvgIpc) is 3.39. The summed E-state index contributed by atoms with van der Waals surface area (Å²) in [5, 5.41) is 19.6. The van der Waals surface area contributed by atoms with Gasteiger partial charge in [0.05, 0.1) is 0 Å². The number of aliphatic carboxylic acids is 1. The quantitative estimate of drug-likeness (QED) is 0.213. The molecule has 0 spiro atoms. The van der Waals surface area contributed by atoms with E-state index >= 15 is 0 Å². The first-order valence-corrected chi connectivity index (χ1v) is 12.1. The van der Waals surface area contributed by atoms with Gasteiger partial charge in [-0.2, -0.15) is 0 Å². The number of ether oxygens (including phenoxy) is 1. The number of amides is 4. The highest BCUT2D eigenvalue weighted by atomic mass is 16.5. The van der Waals surface area contributed by atoms with Gasteiger partial charge >= 0.3 is 18.1 Å². The topological polar surface area (TPSA) is 159 Å². The Hall–Kier alpha value is -4.80. The van der Waals surface area contributed by atoms with E-state index in [0.29, 0.717) is 19.4 Å². The largest absolute Gasteiger partial charge is 0.480 e. The second-order valence-electron chi connectivity index (χ2n) is 8.31. The van der Waals surface area contributed by atoms with Crippen molar-refractivity contribution >= 4 is 29.9 Å². The van der Waals surface area contributed by atoms with Crippen LogP contribution in [0.2, 0.25) is 0 Å². The Kier molecular flexibility index (Phi) is 10.7. The van der Waals surface area contributed by atoms with Crippen LogP contribution in [0, 0.1) is 0 Å². The molecular weight excluding hydrogens is 492 g/mol. The Morgan fingerprint density at radius 1 is 0.842 bits per heavy atom. The molecule has 0 unspecified atom stereocenters. The maximum atomic E-state index is 12.3. The lowest BCUT2D eigenvalue weighted by atomic mass is 10.1. The number of carbonyl (C=O) groups is 4. The number of nitrogens with one attached hydrogen (secondary N) is 4. The lowest BCUT2D eigenvalue weighted by molar-refractivity contribution is -0.139. The molecule has 4 amide bonds. The van der Waals surface area contributed by atoms with E-state index < -0.39 is 30.0 Å². The zero-order valence-corrected chi connectivity index (χ0v) is 20.6. The molecule has 1 atom stereocenters. The summed E-state index contributed by atoms with van der Waals surface area (Å²) in [7, 11) is 0. The summed E-state index contributed by atoms with van der Waals surface area (Å²) in [5.74, 6) is -1.50. The van der Waals surface area contributed by atoms with E-state index in [1.54, 1.807) is 12.1 Å². The molecule has 0 aliphatic carbocycles. The molecule has 0 aliphatic heterocycles. The summed E-state index contributed by atoms with van der Waals surface area (Å²) in [5.41, 5.74) is 1.73. The van der Waals surface area contributed by atoms with Gasteiger partial charge in [0.15, 0.2) is 5.76 Å². The smallest absolute Gasteiger partial charge is 0.408 e. The van der Waals surface area contributed by atoms with Crippen molar-refractivity contribution in [1.82, 2.24) is 16.0 Å². The number of urea groups is 1. The van der Waals surface area contributed by atoms with Crippen LogP contribution in [0.5, 0.6) is 0 Å². The van der Waals surface area contributed by atoms with Crippen molar-refractivity contribution in [3.05, 3.63) is 89.7 Å². The molecule has 3 rings (SSSR count). The van der Waals surface area contributed by atoms with Crippen molar-refractivity contribution in [3.8, 4) is 0 Å². The fourth-order valence-electron chi connectivity index (χ4n) is 3.39. The van der Waals surface area contributed by atoms with Crippen LogP contribution < -0.4 is 21.3 Å². The van der Waals surface area contributed by atoms with Crippen molar-refractivity contribution in [3.63, 3.8) is 0 Å². The van der Waals surface area contributed by atoms with E-state index in [2.05, 4.69) is 21.3 Å². The van der Waals surface area contributed by atoms with Crippen LogP contribution in [0.3, 0.4) is 0 Å². The standard InChI is InChI=1S/C27H30N4O7/c32-24(22-14-15-23(38-22)31-26(35)29-17-19-9-3-1-4-10-19)28-16-8-7-13-21(25(33)34)30-27(36)37-18-20-11-5-2-6-12-20/h1-6,9-12,14-15,21H,7-8,13,16-18H2,(H,28,32)(H,30,36)(H,33,34)(H2,29,31,35)/t21-/m1/s1. The van der Waals surface area contributed by atoms with Gasteiger partial charge in [0.1, 0.15) is 12.6 Å². The van der Waals surface area contributed by atoms with Crippen LogP contribution in [-0.2, 0) is 22.7 Å². The number of carboxylic acid groups (broad SMARTS) is 1. The van der Waals surface area contributed by atoms with Gasteiger partial charge in [-0.05, 0) is 36.5 Å². The minimum atomic E-state index is -1.17. The van der Waals surface area contributed by atoms with Gasteiger partial charge in [-0.25, -0.2) is 14.4 Å². The van der Waals surface area contributed by atoms with Crippen LogP contribution in [0.15, 0.2) is 77.2 Å². The van der Waals surface area contributed by atoms with Gasteiger partial charge in [-0.15, -0.1) is 0 Å². The monoisotopic (exact) mass is 522 g/mol. The number of carboxylic acids is 1. The number of rotatable bonds is 13. The molecule has 11 nitrogen and oxygen atoms in total. The number of unbranched alkanes of at least 4 members (excludes halogenated alkanes) is 1. The maximum Gasteiger partial charge on any atom is 0.408 e. The molecule has 11 heteroatoms. The molecule has 0 aliphatic rings. The summed E-state index contributed by atoms with van der Waals surface area (Å²) < 4.78 is 10.4. The van der Waals surface area contributed by atoms with Crippen molar-refractivity contribution < 1.29 is 33.4 Å². The molecule has 0 saturated heterocycles. The van der Waals surface area contributed by atoms with E-state index in [0.717, 1.165) is 11.1 Å². The summed E-state index contributed by atoms with van der Waals surface area (Å²) in [6, 6.07) is 19.8. The van der Waals surface area contributed by atoms with Gasteiger partial charge in [-0.1, -0.05) is 60.7 Å². The molecule has 38 heavy (non-hydrogen) atoms. The zero-order valence-electron chi connectivity index (χ0n) is 20.6. The van der Waals surface area contributed by atoms with E-state index in [1.807, 2.05) is 48.5 Å². The molecule has 0 bridgehead atoms. The Morgan fingerprint density at radius 2 is 1.53 bits per heavy atom. The first-order chi connectivity index (χ1) is 18.4. The number of hydrogen-bond donors (Lipinski definition) is 5. The summed E-state index contributed by atoms with van der Waals surface area (Å²) in [6.45, 7) is 0.645. The molecule has 0 radical (unpaired) electrons. The highest BCUT2D eigenvalue weighted by molar-refractivity contribution is 5.93. The van der Waals surface area contributed by atoms with Crippen LogP contribution in [0.25, 0.3) is 0 Å². The average molecular weight is 523 g/mol. The highest BCUT2D eigenvalue weighted by Gasteiger charge is 2.20. The minimum absolute atomic E-state index is 0.0228. The fraction of sp³-hybridized carbons (Fsp3) is 0.259. The van der Waals surface area contributed by atoms with Crippen molar-refractivity contribution in [2.45, 2.75) is 38.5 Å². The van der Waals surface area contributed by atoms with E-state index in [9.17, 15) is 24.3 Å². The number of benzene rings is 2. The van der Waals surface area contributed by atoms with E-state index in [-0.39, 0.29) is 31.2 Å². The van der Waals surface area contributed by atoms with E-state index in [1.165, 1.54) is 12.1 Å². The normalized spacial score (nSPS) is 11.2. The Balaban J connectivity index is 1.32. The Morgan fingerprint density at radius 3 is 2.21 bits per heavy atom. The van der Waals surface area contributed by atoms with E-state index in [4.69, 9.17) is 9.15 Å². The summed E-state index contributed by atoms with van der Waals surface area (Å²) in [4.78, 5) is 47.7. The molecule has 1 aromatic heterocycles. The van der Waals surface area contributed by atoms with Crippen molar-refractivity contribution in [2.75, 3.05) is 11.9 Å². The number of carbonyl (C=O) groups excluding carboxylic acids is 3. The second-order valence-corrected chi connectivity index (χ2v) is 8.31. The van der Waals surface area contributed by atoms with Crippen LogP contribution in [0.1, 0.15) is 40.9 Å². The lowest BCUT2D eigenvalue weighted by Crippen LogP contribution is -2.41. The molecule has 3 aromatic rings. The number of hydrogen-bond acceptors (Lipinski definition) is 6. The number of furan rings is 1. The third-order valence-electron chi connectivity index (χ3n) is 5.37. The first-order valence-electron chi connectivity index (χ1n) is 12.1. The number of anilines is 1. The van der Waals surface area contributed by atoms with Gasteiger partial charge in [0, 0.05) is 19.2 Å². The molecule has 0 saturated carbocycles. The van der Waals surface area contributed by atoms with Crippen LogP contribution in [0.4, 0.5) is 15.5 Å². The Labute approximate surface area is 219 Å². The van der Waals surface area contributed by atoms with Gasteiger partial charge in [-0.3, -0.25) is 10.1 Å². The van der Waals surface area contributed by atoms with Crippen LogP contribution in [-0.4, -0.2) is 41.7 Å². The molecule has 0 fully saturated rings. The molecule has 1 heterocycles. The van der Waals surface area contributed by atoms with Crippen molar-refractivity contribution in [1.29, 1.82) is 0 Å². The SMILES string of the molecule is O=C(NCc1ccccc1)Nc1ccc(C(=O)NCCCC[C@@H](NC(=O)OCc2ccccc2)C(=O)O)o1. The van der Waals surface area contributed by atoms with Gasteiger partial charge in [0.25, 0.3) is 5.91 Å². The van der Waals surface area contributed by atoms with Gasteiger partial charge in [0.2, 0.25) is 5.88 Å². The highest BCUT2D eigenvalue weighted by Crippen LogP contribution is 2.13. The predicted molar refractivity (Wildman–Crippen MR) is 138 cm³/mol. The second kappa shape index (κ2) is 14.7. The zero-order chi connectivity index (χ0) is 27.2.